The highest BCUT2D eigenvalue weighted by molar-refractivity contribution is 5.04. The quantitative estimate of drug-likeness (QED) is 0.509. The van der Waals surface area contributed by atoms with Crippen LogP contribution >= 0.6 is 0 Å². The van der Waals surface area contributed by atoms with Crippen molar-refractivity contribution in [3.8, 4) is 0 Å². The molecule has 3 atom stereocenters. The molecule has 0 bridgehead atoms. The van der Waals surface area contributed by atoms with E-state index in [4.69, 9.17) is 5.73 Å². The molecule has 2 nitrogen and oxygen atoms in total. The summed E-state index contributed by atoms with van der Waals surface area (Å²) in [4.78, 5) is 0. The summed E-state index contributed by atoms with van der Waals surface area (Å²) in [6.45, 7) is 4.72. The highest BCUT2D eigenvalue weighted by atomic mass is 14.9. The van der Waals surface area contributed by atoms with Gasteiger partial charge in [0.05, 0.1) is 0 Å². The van der Waals surface area contributed by atoms with Gasteiger partial charge in [-0.1, -0.05) is 6.92 Å². The Morgan fingerprint density at radius 3 is 2.90 bits per heavy atom. The number of fused-ring (bicyclic) bond motifs is 1. The summed E-state index contributed by atoms with van der Waals surface area (Å²) in [7, 11) is 0. The van der Waals surface area contributed by atoms with Gasteiger partial charge in [0.25, 0.3) is 0 Å². The Kier molecular flexibility index (Phi) is 1.29. The standard InChI is InChI=1S/C8H16N2/c1-8-2-3-10-5-6(8)7(9)4-8/h6-7,10H,2-5,9H2,1H3/t6-,7-,8+/m1/s1. The lowest BCUT2D eigenvalue weighted by Crippen LogP contribution is -2.61. The molecule has 58 valence electrons. The molecule has 1 aliphatic carbocycles. The molecule has 2 aliphatic rings. The summed E-state index contributed by atoms with van der Waals surface area (Å²) in [5.74, 6) is 0.765. The van der Waals surface area contributed by atoms with Crippen molar-refractivity contribution in [2.75, 3.05) is 13.1 Å². The summed E-state index contributed by atoms with van der Waals surface area (Å²) in [6.07, 6.45) is 2.57. The number of hydrogen-bond acceptors (Lipinski definition) is 2. The lowest BCUT2D eigenvalue weighted by atomic mass is 9.55. The molecule has 0 aromatic heterocycles. The van der Waals surface area contributed by atoms with Crippen LogP contribution in [0.4, 0.5) is 0 Å². The van der Waals surface area contributed by atoms with Crippen LogP contribution in [-0.4, -0.2) is 19.1 Å². The first kappa shape index (κ1) is 6.62. The Hall–Kier alpha value is -0.0800. The van der Waals surface area contributed by atoms with Crippen LogP contribution in [0, 0.1) is 11.3 Å². The molecule has 2 fully saturated rings. The van der Waals surface area contributed by atoms with E-state index in [-0.39, 0.29) is 0 Å². The van der Waals surface area contributed by atoms with Crippen LogP contribution in [0.1, 0.15) is 19.8 Å². The van der Waals surface area contributed by atoms with E-state index in [1.54, 1.807) is 0 Å². The van der Waals surface area contributed by atoms with Crippen molar-refractivity contribution in [1.82, 2.24) is 5.32 Å². The van der Waals surface area contributed by atoms with Crippen molar-refractivity contribution in [3.63, 3.8) is 0 Å². The van der Waals surface area contributed by atoms with Gasteiger partial charge in [0, 0.05) is 6.04 Å². The van der Waals surface area contributed by atoms with Gasteiger partial charge in [-0.2, -0.15) is 0 Å². The van der Waals surface area contributed by atoms with Gasteiger partial charge in [0.1, 0.15) is 0 Å². The fourth-order valence-electron chi connectivity index (χ4n) is 2.51. The minimum Gasteiger partial charge on any atom is -0.327 e. The number of hydrogen-bond donors (Lipinski definition) is 2. The van der Waals surface area contributed by atoms with Gasteiger partial charge >= 0.3 is 0 Å². The van der Waals surface area contributed by atoms with Crippen molar-refractivity contribution in [2.45, 2.75) is 25.8 Å². The maximum absolute atomic E-state index is 5.88. The Morgan fingerprint density at radius 2 is 2.40 bits per heavy atom. The first-order valence-electron chi connectivity index (χ1n) is 4.19. The van der Waals surface area contributed by atoms with Crippen LogP contribution in [0.3, 0.4) is 0 Å². The maximum atomic E-state index is 5.88. The molecule has 1 saturated heterocycles. The molecule has 10 heavy (non-hydrogen) atoms. The lowest BCUT2D eigenvalue weighted by Gasteiger charge is -2.55. The monoisotopic (exact) mass is 140 g/mol. The van der Waals surface area contributed by atoms with Crippen molar-refractivity contribution < 1.29 is 0 Å². The number of piperidine rings is 1. The van der Waals surface area contributed by atoms with Gasteiger partial charge in [-0.3, -0.25) is 0 Å². The smallest absolute Gasteiger partial charge is 0.00898 e. The topological polar surface area (TPSA) is 38.0 Å². The predicted molar refractivity (Wildman–Crippen MR) is 41.7 cm³/mol. The van der Waals surface area contributed by atoms with Crippen molar-refractivity contribution in [2.24, 2.45) is 17.1 Å². The second-order valence-corrected chi connectivity index (χ2v) is 4.08. The molecule has 1 heterocycles. The first-order chi connectivity index (χ1) is 4.72. The van der Waals surface area contributed by atoms with E-state index in [9.17, 15) is 0 Å². The Morgan fingerprint density at radius 1 is 1.60 bits per heavy atom. The SMILES string of the molecule is C[C@@]12CCNC[C@@H]1[C@H](N)C2. The number of rotatable bonds is 0. The highest BCUT2D eigenvalue weighted by Gasteiger charge is 2.49. The van der Waals surface area contributed by atoms with Crippen LogP contribution in [0.15, 0.2) is 0 Å². The van der Waals surface area contributed by atoms with Crippen molar-refractivity contribution in [1.29, 1.82) is 0 Å². The van der Waals surface area contributed by atoms with Gasteiger partial charge < -0.3 is 11.1 Å². The summed E-state index contributed by atoms with van der Waals surface area (Å²) in [5, 5.41) is 3.39. The lowest BCUT2D eigenvalue weighted by molar-refractivity contribution is -0.00683. The minimum absolute atomic E-state index is 0.484. The summed E-state index contributed by atoms with van der Waals surface area (Å²) in [5.41, 5.74) is 6.48. The van der Waals surface area contributed by atoms with E-state index in [0.717, 1.165) is 12.5 Å². The number of nitrogens with two attached hydrogens (primary N) is 1. The third-order valence-electron chi connectivity index (χ3n) is 3.35. The van der Waals surface area contributed by atoms with E-state index in [2.05, 4.69) is 12.2 Å². The molecule has 1 aliphatic heterocycles. The van der Waals surface area contributed by atoms with Gasteiger partial charge in [-0.05, 0) is 37.3 Å². The van der Waals surface area contributed by atoms with Gasteiger partial charge in [0.2, 0.25) is 0 Å². The zero-order valence-corrected chi connectivity index (χ0v) is 6.56. The average molecular weight is 140 g/mol. The summed E-state index contributed by atoms with van der Waals surface area (Å²) < 4.78 is 0. The molecule has 0 unspecified atom stereocenters. The predicted octanol–water partition coefficient (Wildman–Crippen LogP) is 0.333. The summed E-state index contributed by atoms with van der Waals surface area (Å²) >= 11 is 0. The van der Waals surface area contributed by atoms with Crippen molar-refractivity contribution in [3.05, 3.63) is 0 Å². The zero-order valence-electron chi connectivity index (χ0n) is 6.56. The molecule has 2 rings (SSSR count). The Labute approximate surface area is 62.2 Å². The summed E-state index contributed by atoms with van der Waals surface area (Å²) in [6, 6.07) is 0.484. The molecule has 0 aromatic carbocycles. The molecule has 0 radical (unpaired) electrons. The number of nitrogens with one attached hydrogen (secondary N) is 1. The molecule has 0 aromatic rings. The van der Waals surface area contributed by atoms with E-state index in [1.165, 1.54) is 19.4 Å². The second-order valence-electron chi connectivity index (χ2n) is 4.08. The van der Waals surface area contributed by atoms with Crippen LogP contribution < -0.4 is 11.1 Å². The van der Waals surface area contributed by atoms with Gasteiger partial charge in [-0.15, -0.1) is 0 Å². The molecule has 1 saturated carbocycles. The molecule has 0 spiro atoms. The largest absolute Gasteiger partial charge is 0.327 e. The molecular formula is C8H16N2. The zero-order chi connectivity index (χ0) is 7.19. The molecular weight excluding hydrogens is 124 g/mol. The Balaban J connectivity index is 2.06. The normalized spacial score (nSPS) is 53.4. The fraction of sp³-hybridized carbons (Fsp3) is 1.00. The maximum Gasteiger partial charge on any atom is 0.00898 e. The van der Waals surface area contributed by atoms with Crippen LogP contribution in [0.5, 0.6) is 0 Å². The van der Waals surface area contributed by atoms with Crippen molar-refractivity contribution >= 4 is 0 Å². The van der Waals surface area contributed by atoms with Crippen LogP contribution in [0.25, 0.3) is 0 Å². The average Bonchev–Trinajstić information content (AvgIpc) is 1.86. The molecule has 0 amide bonds. The van der Waals surface area contributed by atoms with E-state index in [1.807, 2.05) is 0 Å². The molecule has 2 heteroatoms. The van der Waals surface area contributed by atoms with E-state index < -0.39 is 0 Å². The van der Waals surface area contributed by atoms with Gasteiger partial charge in [0.15, 0.2) is 0 Å². The van der Waals surface area contributed by atoms with E-state index in [0.29, 0.717) is 11.5 Å². The van der Waals surface area contributed by atoms with Crippen LogP contribution in [0.2, 0.25) is 0 Å². The van der Waals surface area contributed by atoms with Gasteiger partial charge in [-0.25, -0.2) is 0 Å². The first-order valence-corrected chi connectivity index (χ1v) is 4.19. The van der Waals surface area contributed by atoms with E-state index >= 15 is 0 Å². The second kappa shape index (κ2) is 1.95. The minimum atomic E-state index is 0.484. The van der Waals surface area contributed by atoms with Crippen LogP contribution in [-0.2, 0) is 0 Å². The fourth-order valence-corrected chi connectivity index (χ4v) is 2.51. The molecule has 3 N–H and O–H groups in total. The highest BCUT2D eigenvalue weighted by Crippen LogP contribution is 2.49. The third-order valence-corrected chi connectivity index (χ3v) is 3.35. The Bertz CT molecular complexity index is 142. The third kappa shape index (κ3) is 0.722.